The number of aryl methyl sites for hydroxylation is 2. The van der Waals surface area contributed by atoms with Crippen molar-refractivity contribution in [2.45, 2.75) is 31.7 Å². The number of benzene rings is 1. The molecule has 20 heavy (non-hydrogen) atoms. The van der Waals surface area contributed by atoms with Crippen LogP contribution in [0.1, 0.15) is 22.5 Å². The largest absolute Gasteiger partial charge is 0.228 e. The highest BCUT2D eigenvalue weighted by Crippen LogP contribution is 2.28. The maximum atomic E-state index is 13.8. The Morgan fingerprint density at radius 3 is 2.30 bits per heavy atom. The van der Waals surface area contributed by atoms with Crippen LogP contribution in [0.2, 0.25) is 0 Å². The van der Waals surface area contributed by atoms with E-state index in [1.807, 2.05) is 20.8 Å². The first-order chi connectivity index (χ1) is 9.40. The molecule has 0 unspecified atom stereocenters. The van der Waals surface area contributed by atoms with Crippen LogP contribution >= 0.6 is 27.7 Å². The lowest BCUT2D eigenvalue weighted by Crippen LogP contribution is -2.00. The van der Waals surface area contributed by atoms with Gasteiger partial charge in [-0.15, -0.1) is 0 Å². The molecule has 0 aliphatic heterocycles. The number of halogens is 3. The van der Waals surface area contributed by atoms with E-state index in [0.717, 1.165) is 17.0 Å². The summed E-state index contributed by atoms with van der Waals surface area (Å²) in [6.45, 7) is 5.75. The Balaban J connectivity index is 2.24. The zero-order valence-corrected chi connectivity index (χ0v) is 13.7. The number of hydrogen-bond acceptors (Lipinski definition) is 3. The number of hydrogen-bond donors (Lipinski definition) is 0. The van der Waals surface area contributed by atoms with E-state index in [2.05, 4.69) is 25.9 Å². The van der Waals surface area contributed by atoms with Crippen molar-refractivity contribution < 1.29 is 8.78 Å². The Hall–Kier alpha value is -1.01. The van der Waals surface area contributed by atoms with Crippen molar-refractivity contribution in [2.75, 3.05) is 0 Å². The lowest BCUT2D eigenvalue weighted by atomic mass is 10.2. The van der Waals surface area contributed by atoms with E-state index in [4.69, 9.17) is 0 Å². The quantitative estimate of drug-likeness (QED) is 0.450. The maximum Gasteiger partial charge on any atom is 0.188 e. The fraction of sp³-hybridized carbons (Fsp3) is 0.286. The molecule has 2 aromatic rings. The van der Waals surface area contributed by atoms with Gasteiger partial charge in [-0.05, 0) is 54.4 Å². The van der Waals surface area contributed by atoms with Gasteiger partial charge in [-0.2, -0.15) is 0 Å². The molecular formula is C14H13BrF2N2S. The van der Waals surface area contributed by atoms with Gasteiger partial charge in [-0.1, -0.05) is 11.8 Å². The minimum atomic E-state index is -0.571. The van der Waals surface area contributed by atoms with E-state index in [9.17, 15) is 8.78 Å². The predicted molar refractivity (Wildman–Crippen MR) is 79.9 cm³/mol. The molecule has 1 heterocycles. The fourth-order valence-electron chi connectivity index (χ4n) is 1.64. The van der Waals surface area contributed by atoms with Gasteiger partial charge in [0.05, 0.1) is 4.47 Å². The Bertz CT molecular complexity index is 639. The molecule has 0 N–H and O–H groups in total. The summed E-state index contributed by atoms with van der Waals surface area (Å²) >= 11 is 4.28. The molecule has 2 nitrogen and oxygen atoms in total. The van der Waals surface area contributed by atoms with Crippen LogP contribution in [0, 0.1) is 32.4 Å². The predicted octanol–water partition coefficient (Wildman–Crippen LogP) is 4.73. The molecule has 0 bridgehead atoms. The van der Waals surface area contributed by atoms with Gasteiger partial charge in [0, 0.05) is 22.7 Å². The summed E-state index contributed by atoms with van der Waals surface area (Å²) in [7, 11) is 0. The Kier molecular flexibility index (Phi) is 4.75. The van der Waals surface area contributed by atoms with Crippen molar-refractivity contribution in [1.82, 2.24) is 9.97 Å². The summed E-state index contributed by atoms with van der Waals surface area (Å²) in [6.07, 6.45) is 0. The lowest BCUT2D eigenvalue weighted by Gasteiger charge is -2.08. The summed E-state index contributed by atoms with van der Waals surface area (Å²) < 4.78 is 27.7. The molecule has 1 aromatic carbocycles. The summed E-state index contributed by atoms with van der Waals surface area (Å²) in [4.78, 5) is 8.65. The third-order valence-corrected chi connectivity index (χ3v) is 4.58. The number of rotatable bonds is 3. The van der Waals surface area contributed by atoms with Crippen molar-refractivity contribution in [3.63, 3.8) is 0 Å². The second-order valence-electron chi connectivity index (χ2n) is 4.41. The summed E-state index contributed by atoms with van der Waals surface area (Å²) in [6, 6.07) is 2.60. The molecule has 1 aromatic heterocycles. The minimum absolute atomic E-state index is 0.0313. The van der Waals surface area contributed by atoms with Gasteiger partial charge in [0.2, 0.25) is 0 Å². The molecule has 106 valence electrons. The Morgan fingerprint density at radius 1 is 1.10 bits per heavy atom. The molecule has 0 saturated carbocycles. The van der Waals surface area contributed by atoms with Crippen LogP contribution in [0.25, 0.3) is 0 Å². The second kappa shape index (κ2) is 6.18. The number of nitrogens with zero attached hydrogens (tertiary/aromatic N) is 2. The van der Waals surface area contributed by atoms with Gasteiger partial charge in [-0.25, -0.2) is 18.7 Å². The summed E-state index contributed by atoms with van der Waals surface area (Å²) in [5.41, 5.74) is 2.84. The monoisotopic (exact) mass is 358 g/mol. The summed E-state index contributed by atoms with van der Waals surface area (Å²) in [5, 5.41) is 0.532. The van der Waals surface area contributed by atoms with Gasteiger partial charge in [0.25, 0.3) is 0 Å². The highest BCUT2D eigenvalue weighted by atomic mass is 79.9. The van der Waals surface area contributed by atoms with E-state index in [-0.39, 0.29) is 15.8 Å². The molecule has 0 aliphatic carbocycles. The third-order valence-electron chi connectivity index (χ3n) is 3.10. The van der Waals surface area contributed by atoms with E-state index in [0.29, 0.717) is 5.16 Å². The molecule has 0 aliphatic rings. The van der Waals surface area contributed by atoms with Gasteiger partial charge in [-0.3, -0.25) is 0 Å². The molecule has 0 spiro atoms. The van der Waals surface area contributed by atoms with Crippen LogP contribution in [-0.4, -0.2) is 9.97 Å². The first-order valence-electron chi connectivity index (χ1n) is 5.97. The second-order valence-corrected chi connectivity index (χ2v) is 6.21. The maximum absolute atomic E-state index is 13.8. The molecule has 0 amide bonds. The van der Waals surface area contributed by atoms with Crippen LogP contribution in [-0.2, 0) is 5.75 Å². The number of aromatic nitrogens is 2. The van der Waals surface area contributed by atoms with Gasteiger partial charge < -0.3 is 0 Å². The van der Waals surface area contributed by atoms with Crippen LogP contribution in [0.3, 0.4) is 0 Å². The molecule has 0 atom stereocenters. The summed E-state index contributed by atoms with van der Waals surface area (Å²) in [5.74, 6) is -0.976. The van der Waals surface area contributed by atoms with E-state index >= 15 is 0 Å². The average Bonchev–Trinajstić information content (AvgIpc) is 2.40. The van der Waals surface area contributed by atoms with Crippen LogP contribution in [0.15, 0.2) is 21.8 Å². The lowest BCUT2D eigenvalue weighted by molar-refractivity contribution is 0.562. The minimum Gasteiger partial charge on any atom is -0.228 e. The normalized spacial score (nSPS) is 10.9. The van der Waals surface area contributed by atoms with Crippen molar-refractivity contribution >= 4 is 27.7 Å². The van der Waals surface area contributed by atoms with Crippen molar-refractivity contribution in [1.29, 1.82) is 0 Å². The molecule has 2 rings (SSSR count). The average molecular weight is 359 g/mol. The Labute approximate surface area is 129 Å². The van der Waals surface area contributed by atoms with E-state index in [1.54, 1.807) is 0 Å². The SMILES string of the molecule is Cc1nc(SCc2c(F)ccc(Br)c2F)nc(C)c1C. The van der Waals surface area contributed by atoms with Crippen LogP contribution in [0.5, 0.6) is 0 Å². The first-order valence-corrected chi connectivity index (χ1v) is 7.75. The highest BCUT2D eigenvalue weighted by molar-refractivity contribution is 9.10. The zero-order chi connectivity index (χ0) is 14.9. The standard InChI is InChI=1S/C14H13BrF2N2S/c1-7-8(2)18-14(19-9(7)3)20-6-10-12(16)5-4-11(15)13(10)17/h4-5H,6H2,1-3H3. The fourth-order valence-corrected chi connectivity index (χ4v) is 2.96. The van der Waals surface area contributed by atoms with Gasteiger partial charge in [0.15, 0.2) is 5.16 Å². The van der Waals surface area contributed by atoms with Crippen LogP contribution in [0.4, 0.5) is 8.78 Å². The smallest absolute Gasteiger partial charge is 0.188 e. The van der Waals surface area contributed by atoms with Crippen molar-refractivity contribution in [2.24, 2.45) is 0 Å². The molecule has 0 radical (unpaired) electrons. The van der Waals surface area contributed by atoms with E-state index in [1.165, 1.54) is 23.9 Å². The zero-order valence-electron chi connectivity index (χ0n) is 11.3. The molecule has 0 saturated heterocycles. The number of thioether (sulfide) groups is 1. The van der Waals surface area contributed by atoms with Crippen molar-refractivity contribution in [3.05, 3.63) is 50.8 Å². The van der Waals surface area contributed by atoms with Crippen molar-refractivity contribution in [3.8, 4) is 0 Å². The van der Waals surface area contributed by atoms with E-state index < -0.39 is 11.6 Å². The van der Waals surface area contributed by atoms with Gasteiger partial charge >= 0.3 is 0 Å². The molecule has 0 fully saturated rings. The van der Waals surface area contributed by atoms with Crippen LogP contribution < -0.4 is 0 Å². The third kappa shape index (κ3) is 3.17. The molecular weight excluding hydrogens is 346 g/mol. The Morgan fingerprint density at radius 2 is 1.70 bits per heavy atom. The highest BCUT2D eigenvalue weighted by Gasteiger charge is 2.14. The topological polar surface area (TPSA) is 25.8 Å². The first kappa shape index (κ1) is 15.4. The van der Waals surface area contributed by atoms with Gasteiger partial charge in [0.1, 0.15) is 11.6 Å². The molecule has 6 heteroatoms.